The summed E-state index contributed by atoms with van der Waals surface area (Å²) >= 11 is 0. The number of nitrogens with zero attached hydrogens (tertiary/aromatic N) is 2. The van der Waals surface area contributed by atoms with E-state index in [9.17, 15) is 14.7 Å². The van der Waals surface area contributed by atoms with Gasteiger partial charge in [0.1, 0.15) is 12.6 Å². The maximum Gasteiger partial charge on any atom is 0.357 e. The molecule has 0 aliphatic rings. The van der Waals surface area contributed by atoms with Gasteiger partial charge in [0.05, 0.1) is 13.7 Å². The summed E-state index contributed by atoms with van der Waals surface area (Å²) in [5.41, 5.74) is -0.528. The fourth-order valence-electron chi connectivity index (χ4n) is 1.94. The second-order valence-electron chi connectivity index (χ2n) is 4.19. The molecule has 9 nitrogen and oxygen atoms in total. The van der Waals surface area contributed by atoms with Gasteiger partial charge >= 0.3 is 11.6 Å². The van der Waals surface area contributed by atoms with E-state index >= 15 is 0 Å². The molecule has 5 N–H and O–H groups in total. The first-order chi connectivity index (χ1) is 8.99. The maximum atomic E-state index is 11.9. The lowest BCUT2D eigenvalue weighted by Crippen LogP contribution is -2.45. The van der Waals surface area contributed by atoms with Gasteiger partial charge in [0, 0.05) is 7.05 Å². The van der Waals surface area contributed by atoms with Gasteiger partial charge < -0.3 is 10.2 Å². The van der Waals surface area contributed by atoms with E-state index in [1.807, 2.05) is 0 Å². The van der Waals surface area contributed by atoms with Gasteiger partial charge in [-0.2, -0.15) is 0 Å². The standard InChI is InChI=1S/C10H15N5O4/c1-11-9-12-7-6(15(9)3-5(17)4-16)8(18)13-10(19)14(7)2/h5,16-17H,3-4H2,1-2H3,(H2,11,12,13,18,19)/p+1. The van der Waals surface area contributed by atoms with Crippen LogP contribution in [0.1, 0.15) is 0 Å². The van der Waals surface area contributed by atoms with Crippen molar-refractivity contribution in [2.24, 2.45) is 7.05 Å². The van der Waals surface area contributed by atoms with Gasteiger partial charge in [-0.25, -0.2) is 14.3 Å². The second-order valence-corrected chi connectivity index (χ2v) is 4.19. The van der Waals surface area contributed by atoms with Crippen LogP contribution in [-0.2, 0) is 13.6 Å². The number of anilines is 1. The maximum absolute atomic E-state index is 11.9. The van der Waals surface area contributed by atoms with Crippen LogP contribution in [0.4, 0.5) is 5.95 Å². The molecular weight excluding hydrogens is 254 g/mol. The molecule has 1 unspecified atom stereocenters. The minimum atomic E-state index is -1.01. The number of rotatable bonds is 4. The lowest BCUT2D eigenvalue weighted by molar-refractivity contribution is -0.665. The first-order valence-corrected chi connectivity index (χ1v) is 5.71. The molecule has 0 fully saturated rings. The minimum absolute atomic E-state index is 0.0218. The summed E-state index contributed by atoms with van der Waals surface area (Å²) < 4.78 is 2.74. The van der Waals surface area contributed by atoms with Crippen LogP contribution < -0.4 is 21.1 Å². The Hall–Kier alpha value is -2.13. The van der Waals surface area contributed by atoms with Gasteiger partial charge in [-0.05, 0) is 0 Å². The normalized spacial score (nSPS) is 12.8. The van der Waals surface area contributed by atoms with Gasteiger partial charge in [0.2, 0.25) is 11.2 Å². The molecule has 2 aromatic heterocycles. The van der Waals surface area contributed by atoms with Crippen LogP contribution in [0, 0.1) is 0 Å². The number of nitrogens with one attached hydrogen (secondary N) is 3. The lowest BCUT2D eigenvalue weighted by atomic mass is 10.3. The van der Waals surface area contributed by atoms with E-state index in [0.29, 0.717) is 11.6 Å². The zero-order valence-corrected chi connectivity index (χ0v) is 10.6. The van der Waals surface area contributed by atoms with Gasteiger partial charge in [0.15, 0.2) is 0 Å². The summed E-state index contributed by atoms with van der Waals surface area (Å²) in [4.78, 5) is 28.5. The quantitative estimate of drug-likeness (QED) is 0.385. The van der Waals surface area contributed by atoms with Crippen LogP contribution in [0.3, 0.4) is 0 Å². The molecule has 0 aromatic carbocycles. The van der Waals surface area contributed by atoms with Crippen molar-refractivity contribution >= 4 is 17.1 Å². The molecule has 0 spiro atoms. The van der Waals surface area contributed by atoms with E-state index in [2.05, 4.69) is 15.3 Å². The predicted molar refractivity (Wildman–Crippen MR) is 67.0 cm³/mol. The van der Waals surface area contributed by atoms with Crippen molar-refractivity contribution in [3.8, 4) is 0 Å². The van der Waals surface area contributed by atoms with Crippen molar-refractivity contribution in [3.63, 3.8) is 0 Å². The summed E-state index contributed by atoms with van der Waals surface area (Å²) in [6, 6.07) is 0. The SMILES string of the molecule is CNc1[nH]c2c(c(=O)[nH]c(=O)n2C)[n+]1CC(O)CO. The number of H-pyrrole nitrogens is 2. The Morgan fingerprint density at radius 1 is 1.42 bits per heavy atom. The molecule has 0 saturated heterocycles. The monoisotopic (exact) mass is 270 g/mol. The molecule has 2 rings (SSSR count). The third-order valence-corrected chi connectivity index (χ3v) is 2.92. The summed E-state index contributed by atoms with van der Waals surface area (Å²) in [7, 11) is 3.15. The van der Waals surface area contributed by atoms with E-state index < -0.39 is 24.0 Å². The highest BCUT2D eigenvalue weighted by atomic mass is 16.3. The third kappa shape index (κ3) is 2.13. The Balaban J connectivity index is 2.78. The van der Waals surface area contributed by atoms with Crippen molar-refractivity contribution in [1.82, 2.24) is 14.5 Å². The third-order valence-electron chi connectivity index (χ3n) is 2.92. The largest absolute Gasteiger partial charge is 0.394 e. The number of aryl methyl sites for hydroxylation is 1. The zero-order valence-electron chi connectivity index (χ0n) is 10.6. The van der Waals surface area contributed by atoms with Crippen LogP contribution in [-0.4, -0.2) is 44.5 Å². The van der Waals surface area contributed by atoms with Crippen LogP contribution >= 0.6 is 0 Å². The summed E-state index contributed by atoms with van der Waals surface area (Å²) in [6.07, 6.45) is -1.01. The van der Waals surface area contributed by atoms with Gasteiger partial charge in [-0.1, -0.05) is 0 Å². The molecule has 2 heterocycles. The number of aromatic amines is 2. The Kier molecular flexibility index (Phi) is 3.40. The zero-order chi connectivity index (χ0) is 14.2. The predicted octanol–water partition coefficient (Wildman–Crippen LogP) is -2.76. The average molecular weight is 270 g/mol. The smallest absolute Gasteiger partial charge is 0.357 e. The molecule has 1 atom stereocenters. The highest BCUT2D eigenvalue weighted by Crippen LogP contribution is 2.06. The molecule has 0 aliphatic heterocycles. The van der Waals surface area contributed by atoms with Crippen molar-refractivity contribution < 1.29 is 14.8 Å². The molecule has 0 aliphatic carbocycles. The molecule has 0 radical (unpaired) electrons. The highest BCUT2D eigenvalue weighted by molar-refractivity contribution is 5.67. The molecule has 9 heteroatoms. The van der Waals surface area contributed by atoms with E-state index in [-0.39, 0.29) is 12.1 Å². The van der Waals surface area contributed by atoms with E-state index in [0.717, 1.165) is 0 Å². The Bertz CT molecular complexity index is 713. The van der Waals surface area contributed by atoms with Crippen LogP contribution in [0.15, 0.2) is 9.59 Å². The number of aliphatic hydroxyl groups is 2. The number of aromatic nitrogens is 4. The van der Waals surface area contributed by atoms with Crippen molar-refractivity contribution in [2.75, 3.05) is 19.0 Å². The Morgan fingerprint density at radius 3 is 2.68 bits per heavy atom. The second kappa shape index (κ2) is 4.86. The number of fused-ring (bicyclic) bond motifs is 1. The number of hydrogen-bond donors (Lipinski definition) is 5. The van der Waals surface area contributed by atoms with Crippen LogP contribution in [0.25, 0.3) is 11.2 Å². The summed E-state index contributed by atoms with van der Waals surface area (Å²) in [6.45, 7) is -0.402. The van der Waals surface area contributed by atoms with Crippen molar-refractivity contribution in [3.05, 3.63) is 20.8 Å². The molecule has 2 aromatic rings. The van der Waals surface area contributed by atoms with Crippen LogP contribution in [0.5, 0.6) is 0 Å². The van der Waals surface area contributed by atoms with Gasteiger partial charge in [0.25, 0.3) is 5.56 Å². The average Bonchev–Trinajstić information content (AvgIpc) is 2.75. The molecule has 0 amide bonds. The molecular formula is C10H16N5O4+. The highest BCUT2D eigenvalue weighted by Gasteiger charge is 2.23. The molecule has 0 bridgehead atoms. The van der Waals surface area contributed by atoms with E-state index in [1.54, 1.807) is 7.05 Å². The topological polar surface area (TPSA) is 127 Å². The van der Waals surface area contributed by atoms with Gasteiger partial charge in [-0.15, -0.1) is 0 Å². The van der Waals surface area contributed by atoms with E-state index in [4.69, 9.17) is 5.11 Å². The first-order valence-electron chi connectivity index (χ1n) is 5.71. The van der Waals surface area contributed by atoms with E-state index in [1.165, 1.54) is 16.2 Å². The Labute approximate surface area is 107 Å². The molecule has 19 heavy (non-hydrogen) atoms. The number of aliphatic hydroxyl groups excluding tert-OH is 2. The van der Waals surface area contributed by atoms with Crippen molar-refractivity contribution in [2.45, 2.75) is 12.6 Å². The number of hydrogen-bond acceptors (Lipinski definition) is 5. The fraction of sp³-hybridized carbons (Fsp3) is 0.500. The first kappa shape index (κ1) is 13.3. The Morgan fingerprint density at radius 2 is 2.11 bits per heavy atom. The van der Waals surface area contributed by atoms with Crippen molar-refractivity contribution in [1.29, 1.82) is 0 Å². The van der Waals surface area contributed by atoms with Gasteiger partial charge in [-0.3, -0.25) is 19.7 Å². The molecule has 104 valence electrons. The number of imidazole rings is 1. The minimum Gasteiger partial charge on any atom is -0.394 e. The fourth-order valence-corrected chi connectivity index (χ4v) is 1.94. The lowest BCUT2D eigenvalue weighted by Gasteiger charge is -2.06. The van der Waals surface area contributed by atoms with Crippen LogP contribution in [0.2, 0.25) is 0 Å². The summed E-state index contributed by atoms with van der Waals surface area (Å²) in [5, 5.41) is 21.3. The summed E-state index contributed by atoms with van der Waals surface area (Å²) in [5.74, 6) is 0.453. The molecule has 0 saturated carbocycles.